The highest BCUT2D eigenvalue weighted by atomic mass is 16.3. The van der Waals surface area contributed by atoms with E-state index in [1.54, 1.807) is 11.0 Å². The van der Waals surface area contributed by atoms with Crippen molar-refractivity contribution in [3.63, 3.8) is 0 Å². The maximum absolute atomic E-state index is 9.33. The second kappa shape index (κ2) is 7.17. The molecule has 0 fully saturated rings. The molecule has 20 heavy (non-hydrogen) atoms. The van der Waals surface area contributed by atoms with Crippen LogP contribution in [0, 0.1) is 5.92 Å². The van der Waals surface area contributed by atoms with Crippen LogP contribution in [0.3, 0.4) is 0 Å². The molecule has 0 spiro atoms. The van der Waals surface area contributed by atoms with Crippen LogP contribution in [0.5, 0.6) is 0 Å². The molecular weight excluding hydrogens is 252 g/mol. The van der Waals surface area contributed by atoms with Gasteiger partial charge in [-0.1, -0.05) is 32.0 Å². The molecule has 5 heteroatoms. The highest BCUT2D eigenvalue weighted by Gasteiger charge is 2.10. The summed E-state index contributed by atoms with van der Waals surface area (Å²) < 4.78 is 0. The van der Waals surface area contributed by atoms with Crippen LogP contribution in [0.25, 0.3) is 5.69 Å². The summed E-state index contributed by atoms with van der Waals surface area (Å²) in [5, 5.41) is 21.3. The van der Waals surface area contributed by atoms with E-state index in [2.05, 4.69) is 29.4 Å². The van der Waals surface area contributed by atoms with E-state index in [1.165, 1.54) is 0 Å². The number of nitrogens with one attached hydrogen (secondary N) is 1. The van der Waals surface area contributed by atoms with Gasteiger partial charge in [0, 0.05) is 12.6 Å². The molecule has 108 valence electrons. The molecule has 5 nitrogen and oxygen atoms in total. The van der Waals surface area contributed by atoms with Gasteiger partial charge >= 0.3 is 0 Å². The Hall–Kier alpha value is -1.72. The summed E-state index contributed by atoms with van der Waals surface area (Å²) in [7, 11) is 0. The van der Waals surface area contributed by atoms with Gasteiger partial charge in [0.25, 0.3) is 0 Å². The first-order valence-corrected chi connectivity index (χ1v) is 7.00. The average Bonchev–Trinajstić information content (AvgIpc) is 2.93. The number of hydrogen-bond acceptors (Lipinski definition) is 4. The molecule has 2 N–H and O–H groups in total. The minimum Gasteiger partial charge on any atom is -0.395 e. The molecule has 0 saturated heterocycles. The van der Waals surface area contributed by atoms with Crippen molar-refractivity contribution in [2.75, 3.05) is 6.61 Å². The fourth-order valence-corrected chi connectivity index (χ4v) is 2.10. The van der Waals surface area contributed by atoms with E-state index < -0.39 is 0 Å². The number of aromatic nitrogens is 3. The molecule has 2 aromatic rings. The third-order valence-corrected chi connectivity index (χ3v) is 3.07. The number of nitrogens with zero attached hydrogens (tertiary/aromatic N) is 3. The minimum atomic E-state index is 0.108. The summed E-state index contributed by atoms with van der Waals surface area (Å²) in [6.45, 7) is 5.06. The van der Waals surface area contributed by atoms with Crippen molar-refractivity contribution >= 4 is 0 Å². The normalized spacial score (nSPS) is 12.8. The predicted octanol–water partition coefficient (Wildman–Crippen LogP) is 1.76. The molecule has 1 atom stereocenters. The van der Waals surface area contributed by atoms with Crippen molar-refractivity contribution in [3.05, 3.63) is 42.2 Å². The van der Waals surface area contributed by atoms with Crippen molar-refractivity contribution in [3.8, 4) is 5.69 Å². The molecule has 1 unspecified atom stereocenters. The number of aliphatic hydroxyl groups is 1. The highest BCUT2D eigenvalue weighted by molar-refractivity contribution is 5.28. The van der Waals surface area contributed by atoms with Crippen LogP contribution in [0.1, 0.15) is 26.0 Å². The highest BCUT2D eigenvalue weighted by Crippen LogP contribution is 2.06. The number of para-hydroxylation sites is 1. The summed E-state index contributed by atoms with van der Waals surface area (Å²) in [6.07, 6.45) is 2.70. The maximum atomic E-state index is 9.33. The van der Waals surface area contributed by atoms with Crippen molar-refractivity contribution < 1.29 is 5.11 Å². The standard InChI is InChI=1S/C15H22N4O/c1-12(2)8-13(11-20)16-9-14-10-17-19(18-14)15-6-4-3-5-7-15/h3-7,10,12-13,16,20H,8-9,11H2,1-2H3. The zero-order chi connectivity index (χ0) is 14.4. The lowest BCUT2D eigenvalue weighted by atomic mass is 10.0. The molecule has 0 aliphatic carbocycles. The van der Waals surface area contributed by atoms with Gasteiger partial charge < -0.3 is 10.4 Å². The summed E-state index contributed by atoms with van der Waals surface area (Å²) in [4.78, 5) is 1.62. The topological polar surface area (TPSA) is 63.0 Å². The smallest absolute Gasteiger partial charge is 0.0969 e. The van der Waals surface area contributed by atoms with Crippen LogP contribution in [0.4, 0.5) is 0 Å². The maximum Gasteiger partial charge on any atom is 0.0969 e. The Kier molecular flexibility index (Phi) is 5.26. The quantitative estimate of drug-likeness (QED) is 0.807. The van der Waals surface area contributed by atoms with Gasteiger partial charge in [0.1, 0.15) is 0 Å². The van der Waals surface area contributed by atoms with Gasteiger partial charge in [0.05, 0.1) is 24.2 Å². The van der Waals surface area contributed by atoms with Crippen LogP contribution < -0.4 is 5.32 Å². The SMILES string of the molecule is CC(C)CC(CO)NCc1cnn(-c2ccccc2)n1. The lowest BCUT2D eigenvalue weighted by molar-refractivity contribution is 0.223. The van der Waals surface area contributed by atoms with Gasteiger partial charge in [-0.15, -0.1) is 0 Å². The number of hydrogen-bond donors (Lipinski definition) is 2. The van der Waals surface area contributed by atoms with Crippen LogP contribution in [0.2, 0.25) is 0 Å². The third-order valence-electron chi connectivity index (χ3n) is 3.07. The number of benzene rings is 1. The molecule has 0 bridgehead atoms. The van der Waals surface area contributed by atoms with Crippen molar-refractivity contribution in [1.82, 2.24) is 20.3 Å². The Morgan fingerprint density at radius 1 is 1.25 bits per heavy atom. The van der Waals surface area contributed by atoms with Crippen LogP contribution in [0.15, 0.2) is 36.5 Å². The van der Waals surface area contributed by atoms with Crippen molar-refractivity contribution in [2.45, 2.75) is 32.9 Å². The van der Waals surface area contributed by atoms with Crippen molar-refractivity contribution in [2.24, 2.45) is 5.92 Å². The van der Waals surface area contributed by atoms with E-state index >= 15 is 0 Å². The molecule has 0 aliphatic heterocycles. The summed E-state index contributed by atoms with van der Waals surface area (Å²) >= 11 is 0. The first kappa shape index (κ1) is 14.7. The lowest BCUT2D eigenvalue weighted by Crippen LogP contribution is -2.33. The Morgan fingerprint density at radius 2 is 2.00 bits per heavy atom. The molecule has 0 saturated carbocycles. The molecule has 0 radical (unpaired) electrons. The van der Waals surface area contributed by atoms with E-state index in [0.29, 0.717) is 12.5 Å². The van der Waals surface area contributed by atoms with E-state index in [4.69, 9.17) is 0 Å². The Morgan fingerprint density at radius 3 is 2.65 bits per heavy atom. The van der Waals surface area contributed by atoms with Gasteiger partial charge in [-0.25, -0.2) is 0 Å². The van der Waals surface area contributed by atoms with Gasteiger partial charge in [-0.05, 0) is 24.5 Å². The van der Waals surface area contributed by atoms with Gasteiger partial charge in [0.2, 0.25) is 0 Å². The van der Waals surface area contributed by atoms with Crippen LogP contribution in [-0.2, 0) is 6.54 Å². The molecule has 0 aliphatic rings. The van der Waals surface area contributed by atoms with Crippen LogP contribution in [-0.4, -0.2) is 32.7 Å². The summed E-state index contributed by atoms with van der Waals surface area (Å²) in [5.41, 5.74) is 1.82. The monoisotopic (exact) mass is 274 g/mol. The predicted molar refractivity (Wildman–Crippen MR) is 78.5 cm³/mol. The molecular formula is C15H22N4O. The fraction of sp³-hybridized carbons (Fsp3) is 0.467. The van der Waals surface area contributed by atoms with Gasteiger partial charge in [-0.3, -0.25) is 0 Å². The summed E-state index contributed by atoms with van der Waals surface area (Å²) in [6, 6.07) is 9.92. The summed E-state index contributed by atoms with van der Waals surface area (Å²) in [5.74, 6) is 0.555. The van der Waals surface area contributed by atoms with E-state index in [-0.39, 0.29) is 12.6 Å². The number of rotatable bonds is 7. The molecule has 1 aromatic carbocycles. The molecule has 1 heterocycles. The average molecular weight is 274 g/mol. The van der Waals surface area contributed by atoms with E-state index in [0.717, 1.165) is 17.8 Å². The first-order chi connectivity index (χ1) is 9.69. The second-order valence-electron chi connectivity index (χ2n) is 5.35. The van der Waals surface area contributed by atoms with Gasteiger partial charge in [-0.2, -0.15) is 15.0 Å². The Balaban J connectivity index is 1.93. The largest absolute Gasteiger partial charge is 0.395 e. The molecule has 2 rings (SSSR count). The number of aliphatic hydroxyl groups excluding tert-OH is 1. The van der Waals surface area contributed by atoms with Gasteiger partial charge in [0.15, 0.2) is 0 Å². The lowest BCUT2D eigenvalue weighted by Gasteiger charge is -2.17. The molecule has 0 amide bonds. The van der Waals surface area contributed by atoms with Crippen LogP contribution >= 0.6 is 0 Å². The zero-order valence-electron chi connectivity index (χ0n) is 12.0. The van der Waals surface area contributed by atoms with Crippen molar-refractivity contribution in [1.29, 1.82) is 0 Å². The first-order valence-electron chi connectivity index (χ1n) is 7.00. The fourth-order valence-electron chi connectivity index (χ4n) is 2.10. The Labute approximate surface area is 119 Å². The minimum absolute atomic E-state index is 0.108. The zero-order valence-corrected chi connectivity index (χ0v) is 12.0. The third kappa shape index (κ3) is 4.15. The second-order valence-corrected chi connectivity index (χ2v) is 5.35. The van der Waals surface area contributed by atoms with E-state index in [9.17, 15) is 5.11 Å². The van der Waals surface area contributed by atoms with E-state index in [1.807, 2.05) is 30.3 Å². The molecule has 1 aromatic heterocycles. The Bertz CT molecular complexity index is 510.